The first-order chi connectivity index (χ1) is 12.7. The number of hydrogen-bond donors (Lipinski definition) is 1. The molecule has 146 valence electrons. The van der Waals surface area contributed by atoms with Gasteiger partial charge in [0.2, 0.25) is 0 Å². The fraction of sp³-hybridized carbons (Fsp3) is 0.333. The summed E-state index contributed by atoms with van der Waals surface area (Å²) in [5.41, 5.74) is 0.857. The van der Waals surface area contributed by atoms with Gasteiger partial charge in [-0.1, -0.05) is 11.6 Å². The predicted octanol–water partition coefficient (Wildman–Crippen LogP) is 3.15. The van der Waals surface area contributed by atoms with Crippen molar-refractivity contribution < 1.29 is 22.3 Å². The van der Waals surface area contributed by atoms with Crippen molar-refractivity contribution in [1.29, 1.82) is 0 Å². The van der Waals surface area contributed by atoms with Crippen LogP contribution in [0.5, 0.6) is 11.5 Å². The molecule has 1 aliphatic rings. The van der Waals surface area contributed by atoms with Crippen LogP contribution in [0.1, 0.15) is 5.56 Å². The van der Waals surface area contributed by atoms with Crippen molar-refractivity contribution in [3.63, 3.8) is 0 Å². The first kappa shape index (κ1) is 19.7. The third-order valence-electron chi connectivity index (χ3n) is 4.45. The fourth-order valence-corrected chi connectivity index (χ4v) is 4.32. The normalized spacial score (nSPS) is 16.6. The molecule has 0 saturated heterocycles. The second-order valence-electron chi connectivity index (χ2n) is 6.44. The molecule has 0 saturated carbocycles. The maximum atomic E-state index is 13.3. The largest absolute Gasteiger partial charge is 0.496 e. The number of anilines is 1. The van der Waals surface area contributed by atoms with E-state index in [9.17, 15) is 12.8 Å². The van der Waals surface area contributed by atoms with E-state index in [1.54, 1.807) is 6.07 Å². The molecule has 1 N–H and O–H groups in total. The minimum atomic E-state index is -3.97. The van der Waals surface area contributed by atoms with E-state index in [2.05, 4.69) is 4.72 Å². The van der Waals surface area contributed by atoms with Gasteiger partial charge in [0.25, 0.3) is 10.0 Å². The molecule has 27 heavy (non-hydrogen) atoms. The topological polar surface area (TPSA) is 67.9 Å². The number of nitrogens with one attached hydrogen (secondary N) is 1. The van der Waals surface area contributed by atoms with Gasteiger partial charge in [0.1, 0.15) is 28.8 Å². The van der Waals surface area contributed by atoms with Gasteiger partial charge in [-0.25, -0.2) is 12.8 Å². The Morgan fingerprint density at radius 2 is 2.04 bits per heavy atom. The van der Waals surface area contributed by atoms with E-state index in [0.29, 0.717) is 24.3 Å². The molecule has 1 aliphatic heterocycles. The third kappa shape index (κ3) is 3.97. The Balaban J connectivity index is 2.01. The molecule has 1 atom stereocenters. The summed E-state index contributed by atoms with van der Waals surface area (Å²) in [5.74, 6) is 0.216. The summed E-state index contributed by atoms with van der Waals surface area (Å²) >= 11 is 5.73. The Morgan fingerprint density at radius 1 is 1.30 bits per heavy atom. The van der Waals surface area contributed by atoms with Crippen LogP contribution in [0.2, 0.25) is 5.02 Å². The Morgan fingerprint density at radius 3 is 2.67 bits per heavy atom. The van der Waals surface area contributed by atoms with Crippen LogP contribution in [0, 0.1) is 5.82 Å². The van der Waals surface area contributed by atoms with Crippen LogP contribution in [0.25, 0.3) is 0 Å². The number of halogens is 2. The molecule has 0 aliphatic carbocycles. The summed E-state index contributed by atoms with van der Waals surface area (Å²) in [6, 6.07) is 6.76. The summed E-state index contributed by atoms with van der Waals surface area (Å²) < 4.78 is 52.7. The van der Waals surface area contributed by atoms with E-state index in [0.717, 1.165) is 6.07 Å². The number of methoxy groups -OCH3 is 1. The Kier molecular flexibility index (Phi) is 5.50. The van der Waals surface area contributed by atoms with Gasteiger partial charge in [-0.15, -0.1) is 0 Å². The van der Waals surface area contributed by atoms with Gasteiger partial charge in [0.15, 0.2) is 0 Å². The first-order valence-electron chi connectivity index (χ1n) is 8.20. The number of benzene rings is 2. The molecule has 0 spiro atoms. The lowest BCUT2D eigenvalue weighted by molar-refractivity contribution is 0.159. The van der Waals surface area contributed by atoms with E-state index in [1.807, 2.05) is 19.0 Å². The fourth-order valence-electron chi connectivity index (χ4n) is 2.92. The van der Waals surface area contributed by atoms with Gasteiger partial charge < -0.3 is 14.4 Å². The van der Waals surface area contributed by atoms with Crippen molar-refractivity contribution in [2.75, 3.05) is 32.5 Å². The minimum absolute atomic E-state index is 0.00375. The molecule has 1 heterocycles. The zero-order valence-electron chi connectivity index (χ0n) is 15.1. The number of fused-ring (bicyclic) bond motifs is 1. The predicted molar refractivity (Wildman–Crippen MR) is 102 cm³/mol. The number of sulfonamides is 1. The van der Waals surface area contributed by atoms with Crippen LogP contribution in [0.4, 0.5) is 10.1 Å². The van der Waals surface area contributed by atoms with Crippen molar-refractivity contribution in [3.8, 4) is 11.5 Å². The lowest BCUT2D eigenvalue weighted by Gasteiger charge is -2.31. The van der Waals surface area contributed by atoms with E-state index in [-0.39, 0.29) is 27.4 Å². The standard InChI is InChI=1S/C18H20ClFN2O4S/c1-22(2)12-9-13-16(25-3)6-7-17(18(13)26-10-12)27(23,24)21-11-4-5-15(20)14(19)8-11/h4-8,12,21H,9-10H2,1-3H3/t12-/m1/s1. The molecule has 0 unspecified atom stereocenters. The number of likely N-dealkylation sites (N-methyl/N-ethyl adjacent to an activating group) is 1. The highest BCUT2D eigenvalue weighted by molar-refractivity contribution is 7.92. The van der Waals surface area contributed by atoms with Gasteiger partial charge >= 0.3 is 0 Å². The van der Waals surface area contributed by atoms with Crippen LogP contribution >= 0.6 is 11.6 Å². The SMILES string of the molecule is COc1ccc(S(=O)(=O)Nc2ccc(F)c(Cl)c2)c2c1C[C@@H](N(C)C)CO2. The smallest absolute Gasteiger partial charge is 0.265 e. The Bertz CT molecular complexity index is 966. The highest BCUT2D eigenvalue weighted by atomic mass is 35.5. The quantitative estimate of drug-likeness (QED) is 0.814. The zero-order valence-corrected chi connectivity index (χ0v) is 16.7. The maximum Gasteiger partial charge on any atom is 0.265 e. The summed E-state index contributed by atoms with van der Waals surface area (Å²) in [4.78, 5) is 2.01. The second kappa shape index (κ2) is 7.53. The van der Waals surface area contributed by atoms with Crippen molar-refractivity contribution in [2.24, 2.45) is 0 Å². The number of hydrogen-bond acceptors (Lipinski definition) is 5. The molecular formula is C18H20ClFN2O4S. The molecule has 0 bridgehead atoms. The van der Waals surface area contributed by atoms with Gasteiger partial charge in [0.05, 0.1) is 17.8 Å². The summed E-state index contributed by atoms with van der Waals surface area (Å²) in [7, 11) is 1.43. The number of rotatable bonds is 5. The second-order valence-corrected chi connectivity index (χ2v) is 8.50. The highest BCUT2D eigenvalue weighted by Crippen LogP contribution is 2.39. The minimum Gasteiger partial charge on any atom is -0.496 e. The van der Waals surface area contributed by atoms with E-state index >= 15 is 0 Å². The van der Waals surface area contributed by atoms with Crippen molar-refractivity contribution in [3.05, 3.63) is 46.7 Å². The van der Waals surface area contributed by atoms with E-state index in [4.69, 9.17) is 21.1 Å². The van der Waals surface area contributed by atoms with Crippen molar-refractivity contribution >= 4 is 27.3 Å². The highest BCUT2D eigenvalue weighted by Gasteiger charge is 2.31. The first-order valence-corrected chi connectivity index (χ1v) is 10.1. The monoisotopic (exact) mass is 414 g/mol. The van der Waals surface area contributed by atoms with E-state index < -0.39 is 15.8 Å². The average Bonchev–Trinajstić information content (AvgIpc) is 2.62. The lowest BCUT2D eigenvalue weighted by Crippen LogP contribution is -2.39. The van der Waals surface area contributed by atoms with Gasteiger partial charge in [0, 0.05) is 11.6 Å². The number of nitrogens with zero attached hydrogens (tertiary/aromatic N) is 1. The van der Waals surface area contributed by atoms with Crippen molar-refractivity contribution in [2.45, 2.75) is 17.4 Å². The molecule has 0 fully saturated rings. The molecule has 0 amide bonds. The van der Waals surface area contributed by atoms with Gasteiger partial charge in [-0.3, -0.25) is 4.72 Å². The van der Waals surface area contributed by atoms with Crippen LogP contribution < -0.4 is 14.2 Å². The van der Waals surface area contributed by atoms with Gasteiger partial charge in [-0.2, -0.15) is 0 Å². The van der Waals surface area contributed by atoms with Crippen LogP contribution in [-0.4, -0.2) is 47.2 Å². The Labute approximate surface area is 162 Å². The van der Waals surface area contributed by atoms with E-state index in [1.165, 1.54) is 25.3 Å². The molecule has 6 nitrogen and oxygen atoms in total. The summed E-state index contributed by atoms with van der Waals surface area (Å²) in [6.45, 7) is 0.359. The molecule has 9 heteroatoms. The Hall–Kier alpha value is -2.03. The van der Waals surface area contributed by atoms with Crippen molar-refractivity contribution in [1.82, 2.24) is 4.90 Å². The molecule has 2 aromatic rings. The maximum absolute atomic E-state index is 13.3. The molecule has 3 rings (SSSR count). The average molecular weight is 415 g/mol. The lowest BCUT2D eigenvalue weighted by atomic mass is 10.0. The summed E-state index contributed by atoms with van der Waals surface area (Å²) in [5, 5.41) is -0.169. The van der Waals surface area contributed by atoms with Gasteiger partial charge in [-0.05, 0) is 50.8 Å². The van der Waals surface area contributed by atoms with Crippen LogP contribution in [-0.2, 0) is 16.4 Å². The third-order valence-corrected chi connectivity index (χ3v) is 6.15. The molecule has 2 aromatic carbocycles. The molecular weight excluding hydrogens is 395 g/mol. The zero-order chi connectivity index (χ0) is 19.8. The number of ether oxygens (including phenoxy) is 2. The molecule has 0 radical (unpaired) electrons. The van der Waals surface area contributed by atoms with Crippen LogP contribution in [0.3, 0.4) is 0 Å². The van der Waals surface area contributed by atoms with Crippen LogP contribution in [0.15, 0.2) is 35.2 Å². The summed E-state index contributed by atoms with van der Waals surface area (Å²) in [6.07, 6.45) is 0.594. The molecule has 0 aromatic heterocycles.